The molecule has 4 N–H and O–H groups in total. The Kier molecular flexibility index (Phi) is 15.1. The maximum Gasteiger partial charge on any atom is 0.417 e. The van der Waals surface area contributed by atoms with Gasteiger partial charge in [-0.05, 0) is 47.0 Å². The van der Waals surface area contributed by atoms with Gasteiger partial charge in [0.2, 0.25) is 0 Å². The second kappa shape index (κ2) is 17.7. The molecule has 0 spiro atoms. The molecule has 0 saturated carbocycles. The minimum absolute atomic E-state index is 0. The Bertz CT molecular complexity index is 1130. The average Bonchev–Trinajstić information content (AvgIpc) is 2.93. The third-order valence-electron chi connectivity index (χ3n) is 5.67. The van der Waals surface area contributed by atoms with Crippen LogP contribution in [0, 0.1) is 31.1 Å². The fourth-order valence-electron chi connectivity index (χ4n) is 3.77. The smallest absolute Gasteiger partial charge is 0.417 e. The molecule has 2 atom stereocenters. The van der Waals surface area contributed by atoms with Crippen LogP contribution in [0.4, 0.5) is 26.3 Å². The molecule has 17 heteroatoms. The van der Waals surface area contributed by atoms with Gasteiger partial charge in [0.05, 0.1) is 42.8 Å². The maximum atomic E-state index is 12.8. The van der Waals surface area contributed by atoms with Crippen molar-refractivity contribution in [3.63, 3.8) is 0 Å². The topological polar surface area (TPSA) is 136 Å². The molecule has 4 heterocycles. The number of aliphatic hydroxyl groups excluding tert-OH is 2. The van der Waals surface area contributed by atoms with Crippen molar-refractivity contribution in [2.45, 2.75) is 50.2 Å². The molecule has 2 unspecified atom stereocenters. The average molecular weight is 821 g/mol. The number of β-amino-alcohol motifs (C(OH)–C–C–N with tert-alkyl or cyclic N) is 2. The van der Waals surface area contributed by atoms with Crippen LogP contribution in [0.5, 0.6) is 0 Å². The number of likely N-dealkylation sites (tertiary alicyclic amines) is 1. The zero-order valence-corrected chi connectivity index (χ0v) is 25.8. The molecule has 0 bridgehead atoms. The molecular formula is C24H30BF6N4O5U. The minimum Gasteiger partial charge on any atom is -0.478 e. The third-order valence-corrected chi connectivity index (χ3v) is 5.67. The van der Waals surface area contributed by atoms with Gasteiger partial charge in [0.25, 0.3) is 5.91 Å². The molecule has 1 radical (unpaired) electrons. The number of pyridine rings is 2. The van der Waals surface area contributed by atoms with E-state index in [1.54, 1.807) is 0 Å². The van der Waals surface area contributed by atoms with Gasteiger partial charge in [0, 0.05) is 75.5 Å². The van der Waals surface area contributed by atoms with Crippen LogP contribution < -0.4 is 5.32 Å². The van der Waals surface area contributed by atoms with Crippen molar-refractivity contribution in [2.24, 2.45) is 0 Å². The van der Waals surface area contributed by atoms with Gasteiger partial charge in [-0.2, -0.15) is 26.3 Å². The zero-order chi connectivity index (χ0) is 31.9. The molecule has 225 valence electrons. The summed E-state index contributed by atoms with van der Waals surface area (Å²) >= 11 is 0. The number of aromatic nitrogens is 2. The first-order valence-electron chi connectivity index (χ1n) is 13.0. The molecule has 2 fully saturated rings. The minimum atomic E-state index is -4.66. The number of carbonyl (C=O) groups is 2. The summed E-state index contributed by atoms with van der Waals surface area (Å²) < 4.78 is 86.3. The number of hydrogen-bond acceptors (Lipinski definition) is 7. The number of piperidine rings is 2. The van der Waals surface area contributed by atoms with E-state index in [4.69, 9.17) is 12.9 Å². The van der Waals surface area contributed by atoms with Gasteiger partial charge in [-0.1, -0.05) is 0 Å². The molecule has 2 saturated heterocycles. The number of carboxylic acids is 1. The number of carboxylic acid groups (broad SMARTS) is 1. The summed E-state index contributed by atoms with van der Waals surface area (Å²) in [6.45, 7) is 2.28. The van der Waals surface area contributed by atoms with Crippen molar-refractivity contribution in [1.82, 2.24) is 20.2 Å². The number of aliphatic hydroxyl groups is 2. The predicted octanol–water partition coefficient (Wildman–Crippen LogP) is 2.31. The molecule has 2 aromatic rings. The van der Waals surface area contributed by atoms with Crippen LogP contribution in [0.15, 0.2) is 36.9 Å². The SMILES string of the molecule is O=C(O)c1cnccc1C(F)(F)F.O=C(c1cnccc1C(F)(F)F)N1CCCC(O)C1.OC1CCCNC1.[3H][B][3H].[U]. The molecule has 2 aliphatic rings. The van der Waals surface area contributed by atoms with Gasteiger partial charge in [-0.25, -0.2) is 4.79 Å². The number of aromatic carboxylic acids is 1. The molecule has 9 nitrogen and oxygen atoms in total. The van der Waals surface area contributed by atoms with Crippen molar-refractivity contribution in [3.8, 4) is 0 Å². The van der Waals surface area contributed by atoms with E-state index in [-0.39, 0.29) is 43.8 Å². The fraction of sp³-hybridized carbons (Fsp3) is 0.500. The Morgan fingerprint density at radius 3 is 1.85 bits per heavy atom. The first-order valence-corrected chi connectivity index (χ1v) is 11.8. The van der Waals surface area contributed by atoms with Crippen LogP contribution in [0.25, 0.3) is 0 Å². The number of nitrogens with zero attached hydrogens (tertiary/aromatic N) is 3. The van der Waals surface area contributed by atoms with Gasteiger partial charge in [-0.3, -0.25) is 14.8 Å². The molecular weight excluding hydrogens is 787 g/mol. The van der Waals surface area contributed by atoms with E-state index >= 15 is 0 Å². The van der Waals surface area contributed by atoms with Gasteiger partial charge < -0.3 is 25.5 Å². The first-order chi connectivity index (χ1) is 19.6. The summed E-state index contributed by atoms with van der Waals surface area (Å²) in [7, 11) is 0.500. The van der Waals surface area contributed by atoms with Crippen molar-refractivity contribution >= 4 is 20.2 Å². The van der Waals surface area contributed by atoms with Gasteiger partial charge >= 0.3 is 18.3 Å². The summed E-state index contributed by atoms with van der Waals surface area (Å²) in [5.41, 5.74) is -3.48. The first kappa shape index (κ1) is 35.0. The summed E-state index contributed by atoms with van der Waals surface area (Å²) in [5.74, 6) is -2.38. The zero-order valence-electron chi connectivity index (χ0n) is 23.6. The second-order valence-electron chi connectivity index (χ2n) is 8.69. The number of nitrogens with one attached hydrogen (secondary N) is 1. The summed E-state index contributed by atoms with van der Waals surface area (Å²) in [4.78, 5) is 30.5. The summed E-state index contributed by atoms with van der Waals surface area (Å²) in [6, 6.07) is 1.41. The van der Waals surface area contributed by atoms with Crippen molar-refractivity contribution < 1.29 is 82.4 Å². The van der Waals surface area contributed by atoms with E-state index in [1.165, 1.54) is 4.90 Å². The van der Waals surface area contributed by atoms with E-state index < -0.39 is 52.6 Å². The van der Waals surface area contributed by atoms with Crippen LogP contribution in [0.1, 0.15) is 57.5 Å². The van der Waals surface area contributed by atoms with E-state index in [0.29, 0.717) is 40.0 Å². The Morgan fingerprint density at radius 1 is 0.951 bits per heavy atom. The van der Waals surface area contributed by atoms with Gasteiger partial charge in [0.1, 0.15) is 0 Å². The molecule has 4 rings (SSSR count). The fourth-order valence-corrected chi connectivity index (χ4v) is 3.77. The van der Waals surface area contributed by atoms with Crippen molar-refractivity contribution in [3.05, 3.63) is 59.2 Å². The van der Waals surface area contributed by atoms with Crippen LogP contribution >= 0.6 is 0 Å². The largest absolute Gasteiger partial charge is 0.478 e. The van der Waals surface area contributed by atoms with E-state index in [9.17, 15) is 41.0 Å². The van der Waals surface area contributed by atoms with Crippen LogP contribution in [-0.4, -0.2) is 91.5 Å². The van der Waals surface area contributed by atoms with Crippen LogP contribution in [0.3, 0.4) is 0 Å². The Hall–Kier alpha value is -2.18. The van der Waals surface area contributed by atoms with Crippen molar-refractivity contribution in [2.75, 3.05) is 26.2 Å². The Labute approximate surface area is 260 Å². The van der Waals surface area contributed by atoms with Crippen molar-refractivity contribution in [1.29, 1.82) is 2.67 Å². The number of rotatable bonds is 2. The standard InChI is InChI=1S/C12H13F3N2O2.C7H4F3NO2.C5H11NO.BH2.U/c13-12(14,15)10-3-4-16-6-9(10)11(19)17-5-1-2-8(18)7-17;8-7(9,10)5-1-2-11-3-4(5)6(12)13;7-5-2-1-3-6-4-5;;/h3-4,6,8,18H,1-2,5,7H2;1-3H,(H,12,13);5-7H,1-4H2;1H2;/i;;;1T2;. The normalized spacial score (nSPS) is 19.1. The number of carbonyl (C=O) groups excluding carboxylic acids is 1. The molecule has 41 heavy (non-hydrogen) atoms. The molecule has 2 aromatic heterocycles. The summed E-state index contributed by atoms with van der Waals surface area (Å²) in [5, 5.41) is 29.8. The van der Waals surface area contributed by atoms with Crippen LogP contribution in [0.2, 0.25) is 0 Å². The Balaban J connectivity index is 0.000000635. The van der Waals surface area contributed by atoms with E-state index in [0.717, 1.165) is 50.6 Å². The van der Waals surface area contributed by atoms with E-state index in [1.807, 2.05) is 0 Å². The van der Waals surface area contributed by atoms with Gasteiger partial charge in [-0.15, -0.1) is 0 Å². The number of halogens is 6. The molecule has 0 aromatic carbocycles. The predicted molar refractivity (Wildman–Crippen MR) is 133 cm³/mol. The van der Waals surface area contributed by atoms with E-state index in [2.05, 4.69) is 15.3 Å². The van der Waals surface area contributed by atoms with Crippen LogP contribution in [-0.2, 0) is 12.4 Å². The van der Waals surface area contributed by atoms with Gasteiger partial charge in [0.15, 0.2) is 0 Å². The number of alkyl halides is 6. The second-order valence-corrected chi connectivity index (χ2v) is 8.69. The molecule has 0 aliphatic carbocycles. The number of hydrogen-bond donors (Lipinski definition) is 4. The summed E-state index contributed by atoms with van der Waals surface area (Å²) in [6.07, 6.45) is -3.26. The maximum absolute atomic E-state index is 12.8. The molecule has 1 amide bonds. The third kappa shape index (κ3) is 12.7. The quantitative estimate of drug-likeness (QED) is 0.268. The monoisotopic (exact) mass is 821 g/mol. The molecule has 2 aliphatic heterocycles. The number of amides is 1. The Morgan fingerprint density at radius 2 is 1.46 bits per heavy atom.